The minimum absolute atomic E-state index is 0.133. The molecule has 0 radical (unpaired) electrons. The monoisotopic (exact) mass is 279 g/mol. The molecule has 100 valence electrons. The Labute approximate surface area is 117 Å². The lowest BCUT2D eigenvalue weighted by Crippen LogP contribution is -2.08. The van der Waals surface area contributed by atoms with Crippen molar-refractivity contribution in [2.75, 3.05) is 0 Å². The molecule has 1 atom stereocenters. The van der Waals surface area contributed by atoms with Crippen LogP contribution in [0.25, 0.3) is 0 Å². The maximum absolute atomic E-state index is 13.6. The second kappa shape index (κ2) is 6.04. The van der Waals surface area contributed by atoms with Crippen LogP contribution < -0.4 is 10.5 Å². The van der Waals surface area contributed by atoms with Gasteiger partial charge in [0.1, 0.15) is 18.2 Å². The summed E-state index contributed by atoms with van der Waals surface area (Å²) in [5.74, 6) is 0.303. The minimum Gasteiger partial charge on any atom is -0.488 e. The minimum atomic E-state index is -0.370. The van der Waals surface area contributed by atoms with Gasteiger partial charge in [0, 0.05) is 22.2 Å². The number of hydrogen-bond donors (Lipinski definition) is 1. The Bertz CT molecular complexity index is 572. The summed E-state index contributed by atoms with van der Waals surface area (Å²) in [5.41, 5.74) is 7.22. The van der Waals surface area contributed by atoms with Crippen LogP contribution in [0.4, 0.5) is 4.39 Å². The lowest BCUT2D eigenvalue weighted by atomic mass is 10.1. The molecule has 19 heavy (non-hydrogen) atoms. The first kappa shape index (κ1) is 13.8. The first-order valence-corrected chi connectivity index (χ1v) is 6.37. The van der Waals surface area contributed by atoms with Gasteiger partial charge in [-0.05, 0) is 25.1 Å². The van der Waals surface area contributed by atoms with E-state index in [1.807, 2.05) is 31.2 Å². The summed E-state index contributed by atoms with van der Waals surface area (Å²) in [5, 5.41) is 0.372. The van der Waals surface area contributed by atoms with Crippen molar-refractivity contribution in [2.24, 2.45) is 5.73 Å². The Morgan fingerprint density at radius 1 is 1.26 bits per heavy atom. The van der Waals surface area contributed by atoms with Gasteiger partial charge in [0.05, 0.1) is 0 Å². The molecule has 2 nitrogen and oxygen atoms in total. The van der Waals surface area contributed by atoms with Crippen molar-refractivity contribution in [3.8, 4) is 5.75 Å². The number of rotatable bonds is 4. The van der Waals surface area contributed by atoms with E-state index in [1.54, 1.807) is 12.1 Å². The Morgan fingerprint density at radius 2 is 2.00 bits per heavy atom. The van der Waals surface area contributed by atoms with E-state index in [4.69, 9.17) is 22.1 Å². The molecule has 0 heterocycles. The number of nitrogens with two attached hydrogens (primary N) is 1. The summed E-state index contributed by atoms with van der Waals surface area (Å²) in [6.45, 7) is 2.03. The lowest BCUT2D eigenvalue weighted by Gasteiger charge is -2.14. The first-order chi connectivity index (χ1) is 9.08. The van der Waals surface area contributed by atoms with E-state index in [9.17, 15) is 4.39 Å². The van der Waals surface area contributed by atoms with Gasteiger partial charge in [-0.3, -0.25) is 0 Å². The van der Waals surface area contributed by atoms with Gasteiger partial charge in [0.15, 0.2) is 0 Å². The van der Waals surface area contributed by atoms with Crippen molar-refractivity contribution < 1.29 is 9.13 Å². The van der Waals surface area contributed by atoms with Crippen LogP contribution >= 0.6 is 11.6 Å². The molecule has 0 bridgehead atoms. The standard InChI is InChI=1S/C15H15ClFNO/c1-10(18)13-4-2-3-5-15(13)19-9-11-6-7-12(16)8-14(11)17/h2-8,10H,9,18H2,1H3. The fraction of sp³-hybridized carbons (Fsp3) is 0.200. The summed E-state index contributed by atoms with van der Waals surface area (Å²) < 4.78 is 19.3. The van der Waals surface area contributed by atoms with Gasteiger partial charge in [-0.15, -0.1) is 0 Å². The van der Waals surface area contributed by atoms with Crippen molar-refractivity contribution in [1.82, 2.24) is 0 Å². The Kier molecular flexibility index (Phi) is 4.40. The highest BCUT2D eigenvalue weighted by molar-refractivity contribution is 6.30. The first-order valence-electron chi connectivity index (χ1n) is 5.99. The smallest absolute Gasteiger partial charge is 0.131 e. The van der Waals surface area contributed by atoms with E-state index in [2.05, 4.69) is 0 Å². The second-order valence-corrected chi connectivity index (χ2v) is 4.79. The summed E-state index contributed by atoms with van der Waals surface area (Å²) in [7, 11) is 0. The van der Waals surface area contributed by atoms with Gasteiger partial charge in [0.2, 0.25) is 0 Å². The fourth-order valence-electron chi connectivity index (χ4n) is 1.78. The largest absolute Gasteiger partial charge is 0.488 e. The van der Waals surface area contributed by atoms with Crippen molar-refractivity contribution in [3.63, 3.8) is 0 Å². The van der Waals surface area contributed by atoms with Gasteiger partial charge >= 0.3 is 0 Å². The van der Waals surface area contributed by atoms with Crippen molar-refractivity contribution in [1.29, 1.82) is 0 Å². The van der Waals surface area contributed by atoms with E-state index in [1.165, 1.54) is 6.07 Å². The van der Waals surface area contributed by atoms with E-state index in [0.717, 1.165) is 5.56 Å². The molecule has 2 aromatic carbocycles. The third kappa shape index (κ3) is 3.46. The summed E-state index contributed by atoms with van der Waals surface area (Å²) in [6.07, 6.45) is 0. The molecule has 0 saturated heterocycles. The quantitative estimate of drug-likeness (QED) is 0.915. The Morgan fingerprint density at radius 3 is 2.68 bits per heavy atom. The highest BCUT2D eigenvalue weighted by Crippen LogP contribution is 2.24. The number of halogens is 2. The van der Waals surface area contributed by atoms with Crippen LogP contribution in [0.3, 0.4) is 0 Å². The molecular formula is C15H15ClFNO. The normalized spacial score (nSPS) is 12.2. The molecule has 0 aliphatic carbocycles. The van der Waals surface area contributed by atoms with Crippen LogP contribution in [0.1, 0.15) is 24.1 Å². The molecule has 0 aliphatic heterocycles. The summed E-state index contributed by atoms with van der Waals surface area (Å²) >= 11 is 5.70. The van der Waals surface area contributed by atoms with Gasteiger partial charge < -0.3 is 10.5 Å². The molecule has 0 fully saturated rings. The molecule has 2 N–H and O–H groups in total. The maximum Gasteiger partial charge on any atom is 0.131 e. The highest BCUT2D eigenvalue weighted by Gasteiger charge is 2.09. The van der Waals surface area contributed by atoms with E-state index < -0.39 is 0 Å². The zero-order valence-corrected chi connectivity index (χ0v) is 11.3. The van der Waals surface area contributed by atoms with E-state index in [0.29, 0.717) is 16.3 Å². The Hall–Kier alpha value is -1.58. The highest BCUT2D eigenvalue weighted by atomic mass is 35.5. The van der Waals surface area contributed by atoms with Crippen molar-refractivity contribution in [3.05, 3.63) is 64.4 Å². The summed E-state index contributed by atoms with van der Waals surface area (Å²) in [6, 6.07) is 11.9. The third-order valence-corrected chi connectivity index (χ3v) is 3.04. The number of hydrogen-bond acceptors (Lipinski definition) is 2. The number of ether oxygens (including phenoxy) is 1. The molecule has 2 aromatic rings. The van der Waals surface area contributed by atoms with Gasteiger partial charge in [-0.1, -0.05) is 35.9 Å². The van der Waals surface area contributed by atoms with Crippen LogP contribution in [0, 0.1) is 5.82 Å². The SMILES string of the molecule is CC(N)c1ccccc1OCc1ccc(Cl)cc1F. The second-order valence-electron chi connectivity index (χ2n) is 4.35. The zero-order chi connectivity index (χ0) is 13.8. The summed E-state index contributed by atoms with van der Waals surface area (Å²) in [4.78, 5) is 0. The van der Waals surface area contributed by atoms with Crippen LogP contribution in [-0.2, 0) is 6.61 Å². The van der Waals surface area contributed by atoms with Crippen LogP contribution in [0.2, 0.25) is 5.02 Å². The lowest BCUT2D eigenvalue weighted by molar-refractivity contribution is 0.295. The zero-order valence-electron chi connectivity index (χ0n) is 10.6. The molecule has 0 spiro atoms. The van der Waals surface area contributed by atoms with Gasteiger partial charge in [0.25, 0.3) is 0 Å². The molecule has 0 aliphatic rings. The average Bonchev–Trinajstić information content (AvgIpc) is 2.38. The number of benzene rings is 2. The molecular weight excluding hydrogens is 265 g/mol. The molecule has 0 amide bonds. The maximum atomic E-state index is 13.6. The average molecular weight is 280 g/mol. The molecule has 4 heteroatoms. The van der Waals surface area contributed by atoms with Crippen molar-refractivity contribution in [2.45, 2.75) is 19.6 Å². The fourth-order valence-corrected chi connectivity index (χ4v) is 1.94. The van der Waals surface area contributed by atoms with E-state index in [-0.39, 0.29) is 18.5 Å². The van der Waals surface area contributed by atoms with Crippen LogP contribution in [0.5, 0.6) is 5.75 Å². The molecule has 1 unspecified atom stereocenters. The molecule has 0 saturated carbocycles. The number of para-hydroxylation sites is 1. The molecule has 2 rings (SSSR count). The predicted octanol–water partition coefficient (Wildman–Crippen LogP) is 4.08. The predicted molar refractivity (Wildman–Crippen MR) is 74.8 cm³/mol. The van der Waals surface area contributed by atoms with Crippen molar-refractivity contribution >= 4 is 11.6 Å². The van der Waals surface area contributed by atoms with Crippen LogP contribution in [0.15, 0.2) is 42.5 Å². The van der Waals surface area contributed by atoms with Crippen LogP contribution in [-0.4, -0.2) is 0 Å². The third-order valence-electron chi connectivity index (χ3n) is 2.81. The topological polar surface area (TPSA) is 35.2 Å². The van der Waals surface area contributed by atoms with Gasteiger partial charge in [-0.25, -0.2) is 4.39 Å². The Balaban J connectivity index is 2.14. The molecule has 0 aromatic heterocycles. The van der Waals surface area contributed by atoms with E-state index >= 15 is 0 Å². The van der Waals surface area contributed by atoms with Gasteiger partial charge in [-0.2, -0.15) is 0 Å².